The van der Waals surface area contributed by atoms with Crippen molar-refractivity contribution in [2.24, 2.45) is 11.3 Å². The van der Waals surface area contributed by atoms with Gasteiger partial charge in [-0.25, -0.2) is 4.79 Å². The summed E-state index contributed by atoms with van der Waals surface area (Å²) in [4.78, 5) is 37.1. The highest BCUT2D eigenvalue weighted by molar-refractivity contribution is 6.29. The number of amides is 2. The van der Waals surface area contributed by atoms with Crippen molar-refractivity contribution in [3.63, 3.8) is 0 Å². The van der Waals surface area contributed by atoms with E-state index in [9.17, 15) is 19.5 Å². The molecule has 1 aliphatic heterocycles. The number of aliphatic hydroxyl groups is 1. The van der Waals surface area contributed by atoms with E-state index in [1.807, 2.05) is 46.8 Å². The van der Waals surface area contributed by atoms with Gasteiger partial charge in [-0.15, -0.1) is 0 Å². The minimum absolute atomic E-state index is 0.00409. The van der Waals surface area contributed by atoms with Crippen molar-refractivity contribution in [2.75, 3.05) is 7.11 Å². The van der Waals surface area contributed by atoms with Crippen LogP contribution in [0.15, 0.2) is 71.2 Å². The van der Waals surface area contributed by atoms with E-state index in [2.05, 4.69) is 10.6 Å². The summed E-state index contributed by atoms with van der Waals surface area (Å²) in [7, 11) is 1.44. The Morgan fingerprint density at radius 1 is 1.23 bits per heavy atom. The molecule has 0 spiro atoms. The van der Waals surface area contributed by atoms with Gasteiger partial charge in [0.05, 0.1) is 13.2 Å². The molecule has 0 saturated carbocycles. The zero-order valence-corrected chi connectivity index (χ0v) is 24.7. The average Bonchev–Trinajstić information content (AvgIpc) is 2.85. The van der Waals surface area contributed by atoms with Crippen LogP contribution in [0.3, 0.4) is 0 Å². The van der Waals surface area contributed by atoms with Crippen LogP contribution < -0.4 is 10.6 Å². The van der Waals surface area contributed by atoms with E-state index in [4.69, 9.17) is 21.1 Å². The van der Waals surface area contributed by atoms with Crippen LogP contribution in [0.4, 0.5) is 0 Å². The zero-order valence-electron chi connectivity index (χ0n) is 24.0. The molecule has 0 radical (unpaired) electrons. The average molecular weight is 563 g/mol. The van der Waals surface area contributed by atoms with Gasteiger partial charge in [0.1, 0.15) is 12.1 Å². The Kier molecular flexibility index (Phi) is 14.6. The molecule has 0 unspecified atom stereocenters. The summed E-state index contributed by atoms with van der Waals surface area (Å²) >= 11 is 5.77. The van der Waals surface area contributed by atoms with Gasteiger partial charge in [0.15, 0.2) is 5.76 Å². The van der Waals surface area contributed by atoms with Crippen molar-refractivity contribution < 1.29 is 29.0 Å². The normalized spacial score (nSPS) is 19.6. The van der Waals surface area contributed by atoms with Crippen molar-refractivity contribution in [3.05, 3.63) is 71.2 Å². The minimum Gasteiger partial charge on any atom is -0.490 e. The Hall–Kier alpha value is -3.10. The third-order valence-electron chi connectivity index (χ3n) is 5.88. The first kappa shape index (κ1) is 33.9. The van der Waals surface area contributed by atoms with E-state index in [0.717, 1.165) is 5.57 Å². The van der Waals surface area contributed by atoms with Crippen LogP contribution in [0.2, 0.25) is 0 Å². The lowest BCUT2D eigenvalue weighted by atomic mass is 9.86. The van der Waals surface area contributed by atoms with Gasteiger partial charge in [0.2, 0.25) is 11.8 Å². The fourth-order valence-corrected chi connectivity index (χ4v) is 3.77. The maximum Gasteiger partial charge on any atom is 0.373 e. The third-order valence-corrected chi connectivity index (χ3v) is 6.04. The second-order valence-corrected chi connectivity index (χ2v) is 11.2. The first-order chi connectivity index (χ1) is 18.2. The molecule has 0 bridgehead atoms. The number of aliphatic hydroxyl groups excluding tert-OH is 1. The lowest BCUT2D eigenvalue weighted by Crippen LogP contribution is -2.52. The Morgan fingerprint density at radius 3 is 2.49 bits per heavy atom. The molecule has 3 N–H and O–H groups in total. The molecule has 1 rings (SSSR count). The molecular formula is C30H43ClN2O6. The number of carbonyl (C=O) groups is 3. The second-order valence-electron chi connectivity index (χ2n) is 10.6. The van der Waals surface area contributed by atoms with E-state index >= 15 is 0 Å². The summed E-state index contributed by atoms with van der Waals surface area (Å²) in [5, 5.41) is 16.0. The number of esters is 1. The van der Waals surface area contributed by atoms with Gasteiger partial charge in [-0.05, 0) is 44.4 Å². The van der Waals surface area contributed by atoms with E-state index in [1.54, 1.807) is 37.3 Å². The molecule has 39 heavy (non-hydrogen) atoms. The fourth-order valence-electron chi connectivity index (χ4n) is 3.68. The van der Waals surface area contributed by atoms with Crippen molar-refractivity contribution >= 4 is 29.4 Å². The maximum atomic E-state index is 12.7. The van der Waals surface area contributed by atoms with E-state index < -0.39 is 29.4 Å². The standard InChI is InChI=1S/C30H43ClN2O6/c1-20(19-21(2)24-16-17-25(38-7)29(37)39-24)11-8-9-13-26(35)33-27(30(4,5)6)28(36)32-18-10-12-23(34)15-14-22(3)31/h8-11,13-14,17-19,21,23-24,27,34H,12,15-16H2,1-7H3,(H,32,36)(H,33,35)/t21-,23-,24-,27+/m0/s1. The molecule has 1 heterocycles. The summed E-state index contributed by atoms with van der Waals surface area (Å²) in [6.45, 7) is 11.2. The molecule has 0 saturated heterocycles. The van der Waals surface area contributed by atoms with E-state index in [-0.39, 0.29) is 23.7 Å². The van der Waals surface area contributed by atoms with Crippen LogP contribution in [-0.4, -0.2) is 48.2 Å². The summed E-state index contributed by atoms with van der Waals surface area (Å²) in [5.41, 5.74) is 0.416. The first-order valence-electron chi connectivity index (χ1n) is 13.0. The number of methoxy groups -OCH3 is 1. The summed E-state index contributed by atoms with van der Waals surface area (Å²) in [6.07, 6.45) is 15.6. The Labute approximate surface area is 237 Å². The topological polar surface area (TPSA) is 114 Å². The molecule has 0 fully saturated rings. The van der Waals surface area contributed by atoms with Crippen LogP contribution in [0.5, 0.6) is 0 Å². The van der Waals surface area contributed by atoms with Crippen LogP contribution in [0, 0.1) is 11.3 Å². The SMILES string of the molecule is COC1=CC[C@@H]([C@@H](C)C=C(C)C=CC=CC(=O)N[C@H](C(=O)NC=CC[C@H](O)CC=C(C)Cl)C(C)(C)C)OC1=O. The highest BCUT2D eigenvalue weighted by atomic mass is 35.5. The van der Waals surface area contributed by atoms with E-state index in [0.29, 0.717) is 24.3 Å². The zero-order chi connectivity index (χ0) is 29.6. The van der Waals surface area contributed by atoms with Crippen LogP contribution in [-0.2, 0) is 23.9 Å². The van der Waals surface area contributed by atoms with Gasteiger partial charge in [-0.1, -0.05) is 81.3 Å². The summed E-state index contributed by atoms with van der Waals surface area (Å²) in [5.74, 6) is -0.991. The molecule has 8 nitrogen and oxygen atoms in total. The predicted molar refractivity (Wildman–Crippen MR) is 154 cm³/mol. The smallest absolute Gasteiger partial charge is 0.373 e. The molecule has 0 aromatic carbocycles. The van der Waals surface area contributed by atoms with Gasteiger partial charge in [0, 0.05) is 23.4 Å². The number of allylic oxidation sites excluding steroid dienone is 5. The quantitative estimate of drug-likeness (QED) is 0.166. The Bertz CT molecular complexity index is 1030. The monoisotopic (exact) mass is 562 g/mol. The predicted octanol–water partition coefficient (Wildman–Crippen LogP) is 4.97. The van der Waals surface area contributed by atoms with Crippen molar-refractivity contribution in [1.29, 1.82) is 0 Å². The van der Waals surface area contributed by atoms with Gasteiger partial charge in [0.25, 0.3) is 0 Å². The van der Waals surface area contributed by atoms with Gasteiger partial charge >= 0.3 is 5.97 Å². The van der Waals surface area contributed by atoms with Gasteiger partial charge in [-0.2, -0.15) is 0 Å². The molecule has 2 amide bonds. The molecule has 216 valence electrons. The van der Waals surface area contributed by atoms with Crippen LogP contribution in [0.25, 0.3) is 0 Å². The second kappa shape index (κ2) is 16.8. The Morgan fingerprint density at radius 2 is 1.90 bits per heavy atom. The van der Waals surface area contributed by atoms with Crippen LogP contribution in [0.1, 0.15) is 60.8 Å². The van der Waals surface area contributed by atoms with Crippen molar-refractivity contribution in [3.8, 4) is 0 Å². The molecular weight excluding hydrogens is 520 g/mol. The molecule has 0 aliphatic carbocycles. The number of carbonyl (C=O) groups excluding carboxylic acids is 3. The number of nitrogens with one attached hydrogen (secondary N) is 2. The molecule has 4 atom stereocenters. The Balaban J connectivity index is 2.64. The largest absolute Gasteiger partial charge is 0.490 e. The van der Waals surface area contributed by atoms with Crippen molar-refractivity contribution in [2.45, 2.75) is 79.1 Å². The van der Waals surface area contributed by atoms with Gasteiger partial charge < -0.3 is 25.2 Å². The maximum absolute atomic E-state index is 12.7. The number of rotatable bonds is 13. The first-order valence-corrected chi connectivity index (χ1v) is 13.4. The van der Waals surface area contributed by atoms with Crippen molar-refractivity contribution in [1.82, 2.24) is 10.6 Å². The number of hydrogen-bond donors (Lipinski definition) is 3. The van der Waals surface area contributed by atoms with Gasteiger partial charge in [-0.3, -0.25) is 9.59 Å². The summed E-state index contributed by atoms with van der Waals surface area (Å²) in [6, 6.07) is -0.775. The molecule has 9 heteroatoms. The number of hydrogen-bond acceptors (Lipinski definition) is 6. The highest BCUT2D eigenvalue weighted by Crippen LogP contribution is 2.23. The lowest BCUT2D eigenvalue weighted by molar-refractivity contribution is -0.151. The summed E-state index contributed by atoms with van der Waals surface area (Å²) < 4.78 is 10.4. The van der Waals surface area contributed by atoms with E-state index in [1.165, 1.54) is 19.4 Å². The number of ether oxygens (including phenoxy) is 2. The third kappa shape index (κ3) is 13.5. The fraction of sp³-hybridized carbons (Fsp3) is 0.500. The molecule has 0 aromatic rings. The number of halogens is 1. The molecule has 0 aromatic heterocycles. The minimum atomic E-state index is -0.775. The highest BCUT2D eigenvalue weighted by Gasteiger charge is 2.32. The molecule has 1 aliphatic rings. The number of cyclic esters (lactones) is 1. The van der Waals surface area contributed by atoms with Crippen LogP contribution >= 0.6 is 11.6 Å². The lowest BCUT2D eigenvalue weighted by Gasteiger charge is -2.29.